The van der Waals surface area contributed by atoms with Crippen LogP contribution >= 0.6 is 0 Å². The summed E-state index contributed by atoms with van der Waals surface area (Å²) in [5.74, 6) is -0.528. The zero-order valence-electron chi connectivity index (χ0n) is 14.1. The molecule has 1 saturated heterocycles. The van der Waals surface area contributed by atoms with Crippen LogP contribution in [0, 0.1) is 6.92 Å². The molecular formula is C19H21NO4S. The molecule has 0 unspecified atom stereocenters. The van der Waals surface area contributed by atoms with E-state index in [-0.39, 0.29) is 17.1 Å². The first kappa shape index (κ1) is 17.6. The van der Waals surface area contributed by atoms with Crippen LogP contribution in [-0.4, -0.2) is 31.8 Å². The number of carbonyl (C=O) groups excluding carboxylic acids is 1. The van der Waals surface area contributed by atoms with Crippen molar-refractivity contribution in [2.75, 3.05) is 13.1 Å². The van der Waals surface area contributed by atoms with Crippen molar-refractivity contribution in [3.63, 3.8) is 0 Å². The molecule has 0 atom stereocenters. The molecule has 0 aromatic heterocycles. The standard InChI is InChI=1S/C19H21NO4S/c1-15-6-4-7-16(12-15)14-24-19(21)17-8-5-9-18(13-17)25(22,23)20-10-2-3-11-20/h4-9,12-13H,2-3,10-11,14H2,1H3. The first-order valence-corrected chi connectivity index (χ1v) is 9.74. The maximum Gasteiger partial charge on any atom is 0.338 e. The number of hydrogen-bond donors (Lipinski definition) is 0. The lowest BCUT2D eigenvalue weighted by Gasteiger charge is -2.15. The molecule has 0 aliphatic carbocycles. The van der Waals surface area contributed by atoms with Gasteiger partial charge in [-0.1, -0.05) is 35.9 Å². The number of hydrogen-bond acceptors (Lipinski definition) is 4. The molecule has 1 aliphatic heterocycles. The highest BCUT2D eigenvalue weighted by Gasteiger charge is 2.27. The zero-order valence-corrected chi connectivity index (χ0v) is 15.0. The van der Waals surface area contributed by atoms with E-state index in [2.05, 4.69) is 0 Å². The van der Waals surface area contributed by atoms with Gasteiger partial charge in [0.2, 0.25) is 10.0 Å². The lowest BCUT2D eigenvalue weighted by Crippen LogP contribution is -2.28. The van der Waals surface area contributed by atoms with Gasteiger partial charge in [-0.2, -0.15) is 4.31 Å². The Morgan fingerprint density at radius 1 is 1.08 bits per heavy atom. The summed E-state index contributed by atoms with van der Waals surface area (Å²) in [5, 5.41) is 0. The second-order valence-corrected chi connectivity index (χ2v) is 8.14. The van der Waals surface area contributed by atoms with Crippen molar-refractivity contribution < 1.29 is 17.9 Å². The molecule has 132 valence electrons. The second-order valence-electron chi connectivity index (χ2n) is 6.20. The Morgan fingerprint density at radius 3 is 2.52 bits per heavy atom. The van der Waals surface area contributed by atoms with E-state index in [1.807, 2.05) is 31.2 Å². The Bertz CT molecular complexity index is 870. The molecule has 1 fully saturated rings. The van der Waals surface area contributed by atoms with Gasteiger partial charge in [0.1, 0.15) is 6.61 Å². The summed E-state index contributed by atoms with van der Waals surface area (Å²) in [6.45, 7) is 3.19. The van der Waals surface area contributed by atoms with E-state index in [1.54, 1.807) is 12.1 Å². The molecule has 1 aliphatic rings. The number of benzene rings is 2. The minimum absolute atomic E-state index is 0.138. The van der Waals surface area contributed by atoms with Crippen molar-refractivity contribution in [3.8, 4) is 0 Å². The van der Waals surface area contributed by atoms with Gasteiger partial charge in [0.25, 0.3) is 0 Å². The minimum atomic E-state index is -3.54. The van der Waals surface area contributed by atoms with Gasteiger partial charge in [-0.15, -0.1) is 0 Å². The van der Waals surface area contributed by atoms with Gasteiger partial charge < -0.3 is 4.74 Å². The molecule has 0 N–H and O–H groups in total. The highest BCUT2D eigenvalue weighted by molar-refractivity contribution is 7.89. The fourth-order valence-electron chi connectivity index (χ4n) is 2.90. The summed E-state index contributed by atoms with van der Waals surface area (Å²) < 4.78 is 32.0. The number of rotatable bonds is 5. The summed E-state index contributed by atoms with van der Waals surface area (Å²) in [6, 6.07) is 13.8. The number of carbonyl (C=O) groups is 1. The molecular weight excluding hydrogens is 338 g/mol. The summed E-state index contributed by atoms with van der Waals surface area (Å²) in [7, 11) is -3.54. The highest BCUT2D eigenvalue weighted by Crippen LogP contribution is 2.22. The Labute approximate surface area is 148 Å². The van der Waals surface area contributed by atoms with E-state index in [1.165, 1.54) is 16.4 Å². The van der Waals surface area contributed by atoms with E-state index in [0.29, 0.717) is 13.1 Å². The summed E-state index contributed by atoms with van der Waals surface area (Å²) in [4.78, 5) is 12.4. The lowest BCUT2D eigenvalue weighted by atomic mass is 10.1. The Balaban J connectivity index is 1.73. The maximum absolute atomic E-state index is 12.6. The molecule has 2 aromatic rings. The summed E-state index contributed by atoms with van der Waals surface area (Å²) >= 11 is 0. The van der Waals surface area contributed by atoms with Gasteiger partial charge in [-0.05, 0) is 43.5 Å². The van der Waals surface area contributed by atoms with Crippen molar-refractivity contribution in [2.45, 2.75) is 31.3 Å². The predicted octanol–water partition coefficient (Wildman–Crippen LogP) is 3.14. The van der Waals surface area contributed by atoms with Crippen LogP contribution in [0.15, 0.2) is 53.4 Å². The van der Waals surface area contributed by atoms with Gasteiger partial charge >= 0.3 is 5.97 Å². The average molecular weight is 359 g/mol. The fourth-order valence-corrected chi connectivity index (χ4v) is 4.46. The number of sulfonamides is 1. The largest absolute Gasteiger partial charge is 0.457 e. The fraction of sp³-hybridized carbons (Fsp3) is 0.316. The van der Waals surface area contributed by atoms with Gasteiger partial charge in [-0.3, -0.25) is 0 Å². The average Bonchev–Trinajstić information content (AvgIpc) is 3.15. The molecule has 0 saturated carbocycles. The second kappa shape index (κ2) is 7.37. The molecule has 6 heteroatoms. The van der Waals surface area contributed by atoms with E-state index in [9.17, 15) is 13.2 Å². The minimum Gasteiger partial charge on any atom is -0.457 e. The van der Waals surface area contributed by atoms with Gasteiger partial charge in [-0.25, -0.2) is 13.2 Å². The van der Waals surface area contributed by atoms with Gasteiger partial charge in [0, 0.05) is 13.1 Å². The summed E-state index contributed by atoms with van der Waals surface area (Å²) in [6.07, 6.45) is 1.74. The molecule has 5 nitrogen and oxygen atoms in total. The maximum atomic E-state index is 12.6. The molecule has 3 rings (SSSR count). The molecule has 0 spiro atoms. The third-order valence-electron chi connectivity index (χ3n) is 4.22. The van der Waals surface area contributed by atoms with Crippen molar-refractivity contribution in [1.82, 2.24) is 4.31 Å². The van der Waals surface area contributed by atoms with Crippen LogP contribution < -0.4 is 0 Å². The van der Waals surface area contributed by atoms with Crippen LogP contribution in [0.5, 0.6) is 0 Å². The quantitative estimate of drug-likeness (QED) is 0.770. The van der Waals surface area contributed by atoms with Crippen molar-refractivity contribution >= 4 is 16.0 Å². The highest BCUT2D eigenvalue weighted by atomic mass is 32.2. The van der Waals surface area contributed by atoms with Gasteiger partial charge in [0.15, 0.2) is 0 Å². The van der Waals surface area contributed by atoms with Gasteiger partial charge in [0.05, 0.1) is 10.5 Å². The number of ether oxygens (including phenoxy) is 1. The summed E-state index contributed by atoms with van der Waals surface area (Å²) in [5.41, 5.74) is 2.23. The Morgan fingerprint density at radius 2 is 1.80 bits per heavy atom. The Hall–Kier alpha value is -2.18. The molecule has 25 heavy (non-hydrogen) atoms. The molecule has 2 aromatic carbocycles. The van der Waals surface area contributed by atoms with E-state index in [4.69, 9.17) is 4.74 Å². The van der Waals surface area contributed by atoms with Crippen molar-refractivity contribution in [2.24, 2.45) is 0 Å². The molecule has 1 heterocycles. The SMILES string of the molecule is Cc1cccc(COC(=O)c2cccc(S(=O)(=O)N3CCCC3)c2)c1. The topological polar surface area (TPSA) is 63.7 Å². The normalized spacial score (nSPS) is 15.2. The van der Waals surface area contributed by atoms with Crippen LogP contribution in [0.1, 0.15) is 34.3 Å². The van der Waals surface area contributed by atoms with E-state index in [0.717, 1.165) is 24.0 Å². The third kappa shape index (κ3) is 4.08. The van der Waals surface area contributed by atoms with Crippen LogP contribution in [0.3, 0.4) is 0 Å². The van der Waals surface area contributed by atoms with E-state index < -0.39 is 16.0 Å². The number of esters is 1. The first-order chi connectivity index (χ1) is 12.0. The van der Waals surface area contributed by atoms with Crippen LogP contribution in [0.2, 0.25) is 0 Å². The van der Waals surface area contributed by atoms with Crippen molar-refractivity contribution in [1.29, 1.82) is 0 Å². The smallest absolute Gasteiger partial charge is 0.338 e. The lowest BCUT2D eigenvalue weighted by molar-refractivity contribution is 0.0472. The van der Waals surface area contributed by atoms with Crippen LogP contribution in [0.4, 0.5) is 0 Å². The van der Waals surface area contributed by atoms with Crippen LogP contribution in [-0.2, 0) is 21.4 Å². The third-order valence-corrected chi connectivity index (χ3v) is 6.12. The first-order valence-electron chi connectivity index (χ1n) is 8.30. The molecule has 0 radical (unpaired) electrons. The number of aryl methyl sites for hydroxylation is 1. The predicted molar refractivity (Wildman–Crippen MR) is 94.7 cm³/mol. The Kier molecular flexibility index (Phi) is 5.20. The number of nitrogens with zero attached hydrogens (tertiary/aromatic N) is 1. The van der Waals surface area contributed by atoms with E-state index >= 15 is 0 Å². The zero-order chi connectivity index (χ0) is 17.9. The molecule has 0 bridgehead atoms. The van der Waals surface area contributed by atoms with Crippen LogP contribution in [0.25, 0.3) is 0 Å². The van der Waals surface area contributed by atoms with Crippen molar-refractivity contribution in [3.05, 3.63) is 65.2 Å². The molecule has 0 amide bonds. The monoisotopic (exact) mass is 359 g/mol.